The minimum Gasteiger partial charge on any atom is -0.490 e. The van der Waals surface area contributed by atoms with E-state index in [-0.39, 0.29) is 30.6 Å². The molecule has 10 heteroatoms. The van der Waals surface area contributed by atoms with E-state index < -0.39 is 23.5 Å². The van der Waals surface area contributed by atoms with Gasteiger partial charge in [0.25, 0.3) is 0 Å². The van der Waals surface area contributed by atoms with Gasteiger partial charge in [-0.3, -0.25) is 9.80 Å². The maximum atomic E-state index is 14.5. The minimum atomic E-state index is -0.673. The number of amides is 1. The van der Waals surface area contributed by atoms with Gasteiger partial charge in [-0.1, -0.05) is 18.8 Å². The number of carbonyl (C=O) groups is 2. The van der Waals surface area contributed by atoms with Crippen LogP contribution in [0, 0.1) is 23.6 Å². The third-order valence-corrected chi connectivity index (χ3v) is 5.88. The first kappa shape index (κ1) is 30.1. The number of anilines is 1. The summed E-state index contributed by atoms with van der Waals surface area (Å²) in [5, 5.41) is 0.317. The van der Waals surface area contributed by atoms with Crippen LogP contribution >= 0.6 is 11.3 Å². The molecule has 1 aromatic carbocycles. The van der Waals surface area contributed by atoms with Crippen LogP contribution in [0.3, 0.4) is 0 Å². The predicted octanol–water partition coefficient (Wildman–Crippen LogP) is 5.00. The molecular formula is C27H36FN3O5S. The average Bonchev–Trinajstić information content (AvgIpc) is 3.20. The van der Waals surface area contributed by atoms with Gasteiger partial charge in [-0.05, 0) is 72.3 Å². The Hall–Kier alpha value is -3.16. The summed E-state index contributed by atoms with van der Waals surface area (Å²) in [7, 11) is 5.36. The second kappa shape index (κ2) is 13.4. The Labute approximate surface area is 222 Å². The summed E-state index contributed by atoms with van der Waals surface area (Å²) in [5.74, 6) is 4.88. The van der Waals surface area contributed by atoms with E-state index in [4.69, 9.17) is 14.2 Å². The number of thiazole rings is 1. The fraction of sp³-hybridized carbons (Fsp3) is 0.519. The lowest BCUT2D eigenvalue weighted by molar-refractivity contribution is 0.0515. The number of halogens is 1. The summed E-state index contributed by atoms with van der Waals surface area (Å²) in [6.45, 7) is 9.93. The van der Waals surface area contributed by atoms with Gasteiger partial charge >= 0.3 is 12.1 Å². The molecule has 1 atom stereocenters. The Morgan fingerprint density at radius 2 is 1.92 bits per heavy atom. The number of aromatic nitrogens is 1. The molecule has 202 valence electrons. The first-order valence-corrected chi connectivity index (χ1v) is 12.8. The van der Waals surface area contributed by atoms with Crippen molar-refractivity contribution in [1.29, 1.82) is 0 Å². The predicted molar refractivity (Wildman–Crippen MR) is 143 cm³/mol. The number of ether oxygens (including phenoxy) is 3. The topological polar surface area (TPSA) is 81.2 Å². The molecule has 2 aromatic rings. The summed E-state index contributed by atoms with van der Waals surface area (Å²) >= 11 is 1.21. The van der Waals surface area contributed by atoms with Crippen LogP contribution in [0.2, 0.25) is 0 Å². The molecule has 0 bridgehead atoms. The van der Waals surface area contributed by atoms with Crippen molar-refractivity contribution >= 4 is 28.5 Å². The molecular weight excluding hydrogens is 497 g/mol. The fourth-order valence-corrected chi connectivity index (χ4v) is 4.15. The normalized spacial score (nSPS) is 11.9. The lowest BCUT2D eigenvalue weighted by Gasteiger charge is -2.23. The van der Waals surface area contributed by atoms with E-state index in [1.807, 2.05) is 25.9 Å². The standard InChI is InChI=1S/C27H36FN3O5S/c1-9-34-24(32)23-22(37-25(29-23)31(8)26(33)36-27(3,4)5)15-18(2)17-35-21-13-12-19(16-20(21)28)11-10-14-30(6)7/h12-13,16,18H,9,14-15,17H2,1-8H3. The second-order valence-electron chi connectivity index (χ2n) is 9.83. The highest BCUT2D eigenvalue weighted by atomic mass is 32.1. The molecule has 2 rings (SSSR count). The third kappa shape index (κ3) is 9.67. The lowest BCUT2D eigenvalue weighted by Crippen LogP contribution is -2.34. The Morgan fingerprint density at radius 3 is 2.51 bits per heavy atom. The van der Waals surface area contributed by atoms with E-state index in [0.717, 1.165) is 0 Å². The van der Waals surface area contributed by atoms with Gasteiger partial charge in [0, 0.05) is 17.5 Å². The van der Waals surface area contributed by atoms with Crippen LogP contribution < -0.4 is 9.64 Å². The van der Waals surface area contributed by atoms with Gasteiger partial charge in [0.05, 0.1) is 19.8 Å². The molecule has 1 heterocycles. The molecule has 0 radical (unpaired) electrons. The molecule has 0 saturated carbocycles. The monoisotopic (exact) mass is 533 g/mol. The molecule has 0 spiro atoms. The van der Waals surface area contributed by atoms with E-state index in [2.05, 4.69) is 16.8 Å². The van der Waals surface area contributed by atoms with E-state index in [1.165, 1.54) is 29.4 Å². The van der Waals surface area contributed by atoms with Gasteiger partial charge in [-0.2, -0.15) is 0 Å². The number of hydrogen-bond donors (Lipinski definition) is 0. The highest BCUT2D eigenvalue weighted by Gasteiger charge is 2.27. The molecule has 0 fully saturated rings. The number of esters is 1. The summed E-state index contributed by atoms with van der Waals surface area (Å²) in [6, 6.07) is 4.63. The zero-order valence-corrected chi connectivity index (χ0v) is 23.6. The van der Waals surface area contributed by atoms with Crippen molar-refractivity contribution in [1.82, 2.24) is 9.88 Å². The Kier molecular flexibility index (Phi) is 10.9. The van der Waals surface area contributed by atoms with Crippen molar-refractivity contribution in [2.24, 2.45) is 5.92 Å². The van der Waals surface area contributed by atoms with Crippen molar-refractivity contribution in [3.05, 3.63) is 40.2 Å². The first-order valence-electron chi connectivity index (χ1n) is 12.0. The van der Waals surface area contributed by atoms with Crippen molar-refractivity contribution in [2.75, 3.05) is 45.8 Å². The zero-order valence-electron chi connectivity index (χ0n) is 22.8. The highest BCUT2D eigenvalue weighted by Crippen LogP contribution is 2.30. The fourth-order valence-electron chi connectivity index (χ4n) is 2.99. The molecule has 1 amide bonds. The number of nitrogens with zero attached hydrogens (tertiary/aromatic N) is 3. The largest absolute Gasteiger partial charge is 0.490 e. The van der Waals surface area contributed by atoms with Gasteiger partial charge < -0.3 is 14.2 Å². The Balaban J connectivity index is 2.12. The van der Waals surface area contributed by atoms with Gasteiger partial charge in [0.1, 0.15) is 5.60 Å². The van der Waals surface area contributed by atoms with Crippen LogP contribution in [0.4, 0.5) is 14.3 Å². The maximum absolute atomic E-state index is 14.5. The van der Waals surface area contributed by atoms with E-state index >= 15 is 0 Å². The molecule has 0 aliphatic heterocycles. The second-order valence-corrected chi connectivity index (χ2v) is 10.9. The molecule has 8 nitrogen and oxygen atoms in total. The number of rotatable bonds is 9. The van der Waals surface area contributed by atoms with E-state index in [9.17, 15) is 14.0 Å². The number of hydrogen-bond acceptors (Lipinski definition) is 8. The van der Waals surface area contributed by atoms with Crippen molar-refractivity contribution < 1.29 is 28.2 Å². The van der Waals surface area contributed by atoms with Crippen molar-refractivity contribution in [3.63, 3.8) is 0 Å². The van der Waals surface area contributed by atoms with Crippen LogP contribution in [0.5, 0.6) is 5.75 Å². The average molecular weight is 534 g/mol. The Bertz CT molecular complexity index is 1150. The van der Waals surface area contributed by atoms with Gasteiger partial charge in [-0.25, -0.2) is 19.0 Å². The summed E-state index contributed by atoms with van der Waals surface area (Å²) in [5.41, 5.74) is 0.0501. The van der Waals surface area contributed by atoms with Crippen LogP contribution in [-0.2, 0) is 15.9 Å². The molecule has 1 aromatic heterocycles. The van der Waals surface area contributed by atoms with E-state index in [1.54, 1.807) is 39.8 Å². The summed E-state index contributed by atoms with van der Waals surface area (Å²) < 4.78 is 30.8. The smallest absolute Gasteiger partial charge is 0.416 e. The first-order chi connectivity index (χ1) is 17.3. The van der Waals surface area contributed by atoms with Gasteiger partial charge in [0.15, 0.2) is 22.4 Å². The molecule has 0 N–H and O–H groups in total. The van der Waals surface area contributed by atoms with Gasteiger partial charge in [0.2, 0.25) is 0 Å². The quantitative estimate of drug-likeness (QED) is 0.331. The highest BCUT2D eigenvalue weighted by molar-refractivity contribution is 7.16. The third-order valence-electron chi connectivity index (χ3n) is 4.73. The van der Waals surface area contributed by atoms with Crippen LogP contribution in [0.1, 0.15) is 55.5 Å². The van der Waals surface area contributed by atoms with E-state index in [0.29, 0.717) is 28.5 Å². The summed E-state index contributed by atoms with van der Waals surface area (Å²) in [6.07, 6.45) is -0.158. The number of carbonyl (C=O) groups excluding carboxylic acids is 2. The molecule has 1 unspecified atom stereocenters. The molecule has 0 aliphatic rings. The van der Waals surface area contributed by atoms with Crippen LogP contribution in [0.15, 0.2) is 18.2 Å². The minimum absolute atomic E-state index is 0.0905. The van der Waals surface area contributed by atoms with Crippen LogP contribution in [-0.4, -0.2) is 68.4 Å². The SMILES string of the molecule is CCOC(=O)c1nc(N(C)C(=O)OC(C)(C)C)sc1CC(C)COc1ccc(C#CCN(C)C)cc1F. The Morgan fingerprint density at radius 1 is 1.22 bits per heavy atom. The zero-order chi connectivity index (χ0) is 27.8. The van der Waals surface area contributed by atoms with Crippen molar-refractivity contribution in [2.45, 2.75) is 46.6 Å². The van der Waals surface area contributed by atoms with Gasteiger partial charge in [-0.15, -0.1) is 11.3 Å². The molecule has 0 aliphatic carbocycles. The lowest BCUT2D eigenvalue weighted by atomic mass is 10.1. The van der Waals surface area contributed by atoms with Crippen molar-refractivity contribution in [3.8, 4) is 17.6 Å². The molecule has 37 heavy (non-hydrogen) atoms. The summed E-state index contributed by atoms with van der Waals surface area (Å²) in [4.78, 5) is 33.2. The molecule has 0 saturated heterocycles. The number of benzene rings is 1. The van der Waals surface area contributed by atoms with Crippen LogP contribution in [0.25, 0.3) is 0 Å². The maximum Gasteiger partial charge on any atom is 0.416 e.